The van der Waals surface area contributed by atoms with Gasteiger partial charge in [-0.1, -0.05) is 77.0 Å². The van der Waals surface area contributed by atoms with Crippen molar-refractivity contribution >= 4 is 16.2 Å². The number of hydrogen-bond donors (Lipinski definition) is 0. The van der Waals surface area contributed by atoms with E-state index in [-0.39, 0.29) is 0 Å². The third-order valence-electron chi connectivity index (χ3n) is 5.97. The van der Waals surface area contributed by atoms with Gasteiger partial charge in [-0.2, -0.15) is 0 Å². The molecule has 0 saturated carbocycles. The van der Waals surface area contributed by atoms with Crippen molar-refractivity contribution < 1.29 is 17.5 Å². The van der Waals surface area contributed by atoms with Crippen molar-refractivity contribution in [3.05, 3.63) is 42.0 Å². The van der Waals surface area contributed by atoms with Crippen LogP contribution < -0.4 is 0 Å². The van der Waals surface area contributed by atoms with E-state index in [4.69, 9.17) is 0 Å². The average Bonchev–Trinajstić information content (AvgIpc) is 2.71. The Morgan fingerprint density at radius 1 is 0.931 bits per heavy atom. The van der Waals surface area contributed by atoms with Gasteiger partial charge < -0.3 is 9.04 Å². The van der Waals surface area contributed by atoms with E-state index in [1.807, 2.05) is 24.3 Å². The first-order valence-corrected chi connectivity index (χ1v) is 12.8. The highest BCUT2D eigenvalue weighted by molar-refractivity contribution is 7.86. The van der Waals surface area contributed by atoms with E-state index in [2.05, 4.69) is 27.4 Å². The standard InChI is InChI=1S/C24H41NO3S/c1-5-9-17-25(18-10-6-2,19-11-7-3)20-16-24(29(26,27)28)21-23-14-12-22(8-4)13-15-23/h8,12-15,24H,4-7,9-11,16-21H2,1-3H3. The van der Waals surface area contributed by atoms with Crippen molar-refractivity contribution in [2.45, 2.75) is 77.4 Å². The maximum Gasteiger partial charge on any atom is 0.0981 e. The molecule has 0 N–H and O–H groups in total. The molecule has 0 radical (unpaired) electrons. The highest BCUT2D eigenvalue weighted by atomic mass is 32.2. The molecule has 1 aromatic rings. The molecule has 1 rings (SSSR count). The minimum Gasteiger partial charge on any atom is -0.748 e. The highest BCUT2D eigenvalue weighted by Crippen LogP contribution is 2.21. The first-order valence-electron chi connectivity index (χ1n) is 11.3. The molecule has 5 heteroatoms. The second-order valence-corrected chi connectivity index (χ2v) is 10.0. The molecule has 4 nitrogen and oxygen atoms in total. The number of benzene rings is 1. The Morgan fingerprint density at radius 2 is 1.41 bits per heavy atom. The molecule has 0 fully saturated rings. The summed E-state index contributed by atoms with van der Waals surface area (Å²) >= 11 is 0. The van der Waals surface area contributed by atoms with E-state index in [0.717, 1.165) is 80.3 Å². The molecule has 0 aromatic heterocycles. The number of quaternary nitrogens is 1. The minimum atomic E-state index is -4.34. The van der Waals surface area contributed by atoms with Crippen LogP contribution in [0.5, 0.6) is 0 Å². The summed E-state index contributed by atoms with van der Waals surface area (Å²) in [5.74, 6) is 0. The van der Waals surface area contributed by atoms with Gasteiger partial charge >= 0.3 is 0 Å². The largest absolute Gasteiger partial charge is 0.748 e. The molecule has 0 saturated heterocycles. The van der Waals surface area contributed by atoms with E-state index in [0.29, 0.717) is 12.8 Å². The lowest BCUT2D eigenvalue weighted by atomic mass is 10.0. The van der Waals surface area contributed by atoms with Crippen molar-refractivity contribution in [1.82, 2.24) is 0 Å². The van der Waals surface area contributed by atoms with Crippen LogP contribution in [-0.4, -0.2) is 48.9 Å². The number of hydrogen-bond acceptors (Lipinski definition) is 3. The Hall–Kier alpha value is -1.17. The van der Waals surface area contributed by atoms with Crippen LogP contribution in [0.1, 0.15) is 76.8 Å². The third kappa shape index (κ3) is 9.45. The molecule has 0 spiro atoms. The van der Waals surface area contributed by atoms with Gasteiger partial charge in [0.05, 0.1) is 41.5 Å². The maximum atomic E-state index is 12.0. The summed E-state index contributed by atoms with van der Waals surface area (Å²) in [7, 11) is -4.34. The van der Waals surface area contributed by atoms with Crippen LogP contribution >= 0.6 is 0 Å². The fraction of sp³-hybridized carbons (Fsp3) is 0.667. The van der Waals surface area contributed by atoms with E-state index in [1.54, 1.807) is 6.08 Å². The molecular weight excluding hydrogens is 382 g/mol. The quantitative estimate of drug-likeness (QED) is 0.264. The molecule has 0 aliphatic heterocycles. The monoisotopic (exact) mass is 423 g/mol. The summed E-state index contributed by atoms with van der Waals surface area (Å²) < 4.78 is 37.1. The molecule has 0 aliphatic rings. The van der Waals surface area contributed by atoms with E-state index in [9.17, 15) is 13.0 Å². The van der Waals surface area contributed by atoms with E-state index >= 15 is 0 Å². The number of nitrogens with zero attached hydrogens (tertiary/aromatic N) is 1. The van der Waals surface area contributed by atoms with Crippen molar-refractivity contribution in [3.8, 4) is 0 Å². The molecule has 166 valence electrons. The van der Waals surface area contributed by atoms with Crippen LogP contribution in [0.4, 0.5) is 0 Å². The predicted molar refractivity (Wildman–Crippen MR) is 123 cm³/mol. The lowest BCUT2D eigenvalue weighted by Crippen LogP contribution is -2.52. The normalized spacial score (nSPS) is 13.4. The van der Waals surface area contributed by atoms with Gasteiger partial charge in [0.2, 0.25) is 0 Å². The lowest BCUT2D eigenvalue weighted by Gasteiger charge is -2.40. The van der Waals surface area contributed by atoms with Gasteiger partial charge in [0.15, 0.2) is 0 Å². The van der Waals surface area contributed by atoms with Gasteiger partial charge in [0.25, 0.3) is 0 Å². The van der Waals surface area contributed by atoms with Gasteiger partial charge in [0.1, 0.15) is 0 Å². The van der Waals surface area contributed by atoms with Crippen LogP contribution in [0, 0.1) is 0 Å². The number of rotatable bonds is 16. The second-order valence-electron chi connectivity index (χ2n) is 8.35. The topological polar surface area (TPSA) is 57.2 Å². The maximum absolute atomic E-state index is 12.0. The van der Waals surface area contributed by atoms with Crippen LogP contribution in [0.2, 0.25) is 0 Å². The van der Waals surface area contributed by atoms with Gasteiger partial charge in [-0.05, 0) is 36.8 Å². The molecule has 0 bridgehead atoms. The summed E-state index contributed by atoms with van der Waals surface area (Å²) in [4.78, 5) is 0. The Bertz CT molecular complexity index is 661. The van der Waals surface area contributed by atoms with Gasteiger partial charge in [-0.25, -0.2) is 8.42 Å². The predicted octanol–water partition coefficient (Wildman–Crippen LogP) is 5.39. The molecule has 0 heterocycles. The van der Waals surface area contributed by atoms with Crippen LogP contribution in [0.15, 0.2) is 30.8 Å². The SMILES string of the molecule is C=Cc1ccc(CC(CC[N+](CCCC)(CCCC)CCCC)S(=O)(=O)[O-])cc1. The van der Waals surface area contributed by atoms with Crippen molar-refractivity contribution in [1.29, 1.82) is 0 Å². The zero-order valence-electron chi connectivity index (χ0n) is 18.7. The lowest BCUT2D eigenvalue weighted by molar-refractivity contribution is -0.929. The van der Waals surface area contributed by atoms with Crippen LogP contribution in [0.3, 0.4) is 0 Å². The zero-order chi connectivity index (χ0) is 21.8. The van der Waals surface area contributed by atoms with Gasteiger partial charge in [-0.15, -0.1) is 0 Å². The van der Waals surface area contributed by atoms with Crippen LogP contribution in [-0.2, 0) is 16.5 Å². The molecule has 0 aliphatic carbocycles. The summed E-state index contributed by atoms with van der Waals surface area (Å²) in [5.41, 5.74) is 1.89. The summed E-state index contributed by atoms with van der Waals surface area (Å²) in [6.07, 6.45) is 9.32. The molecule has 1 atom stereocenters. The Balaban J connectivity index is 2.98. The van der Waals surface area contributed by atoms with Crippen molar-refractivity contribution in [2.24, 2.45) is 0 Å². The smallest absolute Gasteiger partial charge is 0.0981 e. The van der Waals surface area contributed by atoms with Gasteiger partial charge in [0, 0.05) is 6.42 Å². The molecular formula is C24H41NO3S. The van der Waals surface area contributed by atoms with E-state index < -0.39 is 15.4 Å². The summed E-state index contributed by atoms with van der Waals surface area (Å²) in [6.45, 7) is 14.4. The summed E-state index contributed by atoms with van der Waals surface area (Å²) in [5, 5.41) is -0.862. The Kier molecular flexibility index (Phi) is 11.8. The van der Waals surface area contributed by atoms with Crippen LogP contribution in [0.25, 0.3) is 6.08 Å². The minimum absolute atomic E-state index is 0.290. The fourth-order valence-corrected chi connectivity index (χ4v) is 4.76. The van der Waals surface area contributed by atoms with Gasteiger partial charge in [-0.3, -0.25) is 0 Å². The first kappa shape index (κ1) is 25.9. The fourth-order valence-electron chi connectivity index (χ4n) is 3.97. The Labute approximate surface area is 179 Å². The second kappa shape index (κ2) is 13.2. The molecule has 0 amide bonds. The third-order valence-corrected chi connectivity index (χ3v) is 7.19. The molecule has 1 aromatic carbocycles. The summed E-state index contributed by atoms with van der Waals surface area (Å²) in [6, 6.07) is 7.65. The molecule has 29 heavy (non-hydrogen) atoms. The van der Waals surface area contributed by atoms with E-state index in [1.165, 1.54) is 0 Å². The van der Waals surface area contributed by atoms with Crippen molar-refractivity contribution in [3.63, 3.8) is 0 Å². The Morgan fingerprint density at radius 3 is 1.79 bits per heavy atom. The van der Waals surface area contributed by atoms with Crippen molar-refractivity contribution in [2.75, 3.05) is 26.2 Å². The average molecular weight is 424 g/mol. The highest BCUT2D eigenvalue weighted by Gasteiger charge is 2.29. The zero-order valence-corrected chi connectivity index (χ0v) is 19.6. The first-order chi connectivity index (χ1) is 13.8. The number of unbranched alkanes of at least 4 members (excludes halogenated alkanes) is 3. The molecule has 1 unspecified atom stereocenters.